The van der Waals surface area contributed by atoms with E-state index in [0.29, 0.717) is 25.3 Å². The smallest absolute Gasteiger partial charge is 0.295 e. The number of rotatable bonds is 9. The van der Waals surface area contributed by atoms with Crippen molar-refractivity contribution in [1.82, 2.24) is 9.55 Å². The number of aromatic nitrogens is 2. The summed E-state index contributed by atoms with van der Waals surface area (Å²) in [6, 6.07) is 1.09. The van der Waals surface area contributed by atoms with Gasteiger partial charge in [0.2, 0.25) is 0 Å². The predicted molar refractivity (Wildman–Crippen MR) is 104 cm³/mol. The molecule has 2 rings (SSSR count). The summed E-state index contributed by atoms with van der Waals surface area (Å²) in [5.41, 5.74) is 0.783. The molecule has 0 aromatic carbocycles. The first-order valence-corrected chi connectivity index (χ1v) is 13.2. The second kappa shape index (κ2) is 9.50. The lowest BCUT2D eigenvalue weighted by Crippen LogP contribution is -2.37. The maximum atomic E-state index is 12.8. The number of hydrogen-bond donors (Lipinski definition) is 1. The minimum atomic E-state index is -1.14. The topological polar surface area (TPSA) is 67.6 Å². The molecule has 1 N–H and O–H groups in total. The Kier molecular flexibility index (Phi) is 7.65. The minimum Gasteiger partial charge on any atom is -0.396 e. The second-order valence-electron chi connectivity index (χ2n) is 8.05. The van der Waals surface area contributed by atoms with Crippen molar-refractivity contribution < 1.29 is 9.84 Å². The van der Waals surface area contributed by atoms with Gasteiger partial charge in [-0.05, 0) is 38.1 Å². The summed E-state index contributed by atoms with van der Waals surface area (Å²) in [5.74, 6) is 0.545. The van der Waals surface area contributed by atoms with Crippen LogP contribution in [0.2, 0.25) is 25.7 Å². The van der Waals surface area contributed by atoms with E-state index < -0.39 is 8.07 Å². The van der Waals surface area contributed by atoms with Gasteiger partial charge < -0.3 is 14.7 Å². The number of piperidine rings is 1. The van der Waals surface area contributed by atoms with Crippen molar-refractivity contribution in [2.75, 3.05) is 31.2 Å². The van der Waals surface area contributed by atoms with Gasteiger partial charge in [-0.2, -0.15) is 0 Å². The average molecular weight is 368 g/mol. The third-order valence-corrected chi connectivity index (χ3v) is 6.18. The van der Waals surface area contributed by atoms with Crippen LogP contribution in [0, 0.1) is 0 Å². The third-order valence-electron chi connectivity index (χ3n) is 4.48. The lowest BCUT2D eigenvalue weighted by atomic mass is 10.1. The number of hydrogen-bond acceptors (Lipinski definition) is 5. The lowest BCUT2D eigenvalue weighted by molar-refractivity contribution is 0.0844. The van der Waals surface area contributed by atoms with Gasteiger partial charge in [0.1, 0.15) is 6.73 Å². The maximum absolute atomic E-state index is 12.8. The van der Waals surface area contributed by atoms with E-state index in [1.54, 1.807) is 10.8 Å². The molecule has 1 aliphatic rings. The van der Waals surface area contributed by atoms with Crippen molar-refractivity contribution in [1.29, 1.82) is 0 Å². The van der Waals surface area contributed by atoms with Gasteiger partial charge in [0.25, 0.3) is 5.56 Å². The Labute approximate surface area is 151 Å². The predicted octanol–water partition coefficient (Wildman–Crippen LogP) is 2.47. The molecule has 7 heteroatoms. The van der Waals surface area contributed by atoms with Gasteiger partial charge in [-0.15, -0.1) is 0 Å². The molecule has 25 heavy (non-hydrogen) atoms. The minimum absolute atomic E-state index is 0.0670. The van der Waals surface area contributed by atoms with E-state index in [1.165, 1.54) is 6.42 Å². The molecule has 0 bridgehead atoms. The first-order valence-electron chi connectivity index (χ1n) is 9.44. The van der Waals surface area contributed by atoms with Crippen LogP contribution in [0.25, 0.3) is 0 Å². The van der Waals surface area contributed by atoms with Crippen LogP contribution in [0.4, 0.5) is 5.82 Å². The van der Waals surface area contributed by atoms with Crippen molar-refractivity contribution in [3.8, 4) is 0 Å². The molecular weight excluding hydrogens is 334 g/mol. The molecule has 0 radical (unpaired) electrons. The summed E-state index contributed by atoms with van der Waals surface area (Å²) in [5, 5.41) is 9.09. The Balaban J connectivity index is 2.13. The normalized spacial score (nSPS) is 15.6. The zero-order chi connectivity index (χ0) is 18.3. The van der Waals surface area contributed by atoms with E-state index in [0.717, 1.165) is 37.7 Å². The van der Waals surface area contributed by atoms with Crippen molar-refractivity contribution in [3.05, 3.63) is 22.2 Å². The Morgan fingerprint density at radius 1 is 1.24 bits per heavy atom. The summed E-state index contributed by atoms with van der Waals surface area (Å²) in [4.78, 5) is 19.5. The van der Waals surface area contributed by atoms with Crippen LogP contribution >= 0.6 is 0 Å². The molecule has 1 saturated heterocycles. The largest absolute Gasteiger partial charge is 0.396 e. The van der Waals surface area contributed by atoms with Gasteiger partial charge in [-0.1, -0.05) is 19.6 Å². The standard InChI is InChI=1S/C18H33N3O3Si/c1-25(2,3)13-12-24-15-21-14-16(8-7-11-22)19-17(18(21)23)20-9-5-4-6-10-20/h14,22H,4-13,15H2,1-3H3. The molecule has 1 fully saturated rings. The van der Waals surface area contributed by atoms with E-state index in [9.17, 15) is 4.79 Å². The molecule has 0 atom stereocenters. The van der Waals surface area contributed by atoms with Gasteiger partial charge >= 0.3 is 0 Å². The van der Waals surface area contributed by atoms with Crippen LogP contribution in [0.1, 0.15) is 31.4 Å². The quantitative estimate of drug-likeness (QED) is 0.536. The number of aliphatic hydroxyl groups is 1. The zero-order valence-electron chi connectivity index (χ0n) is 16.0. The molecular formula is C18H33N3O3Si. The molecule has 6 nitrogen and oxygen atoms in total. The van der Waals surface area contributed by atoms with Crippen LogP contribution in [-0.4, -0.2) is 49.0 Å². The number of nitrogens with zero attached hydrogens (tertiary/aromatic N) is 3. The number of aliphatic hydroxyl groups excluding tert-OH is 1. The third kappa shape index (κ3) is 6.56. The fraction of sp³-hybridized carbons (Fsp3) is 0.778. The molecule has 142 valence electrons. The highest BCUT2D eigenvalue weighted by atomic mass is 28.3. The number of aryl methyl sites for hydroxylation is 1. The molecule has 2 heterocycles. The van der Waals surface area contributed by atoms with E-state index >= 15 is 0 Å². The summed E-state index contributed by atoms with van der Waals surface area (Å²) >= 11 is 0. The monoisotopic (exact) mass is 367 g/mol. The molecule has 1 aromatic rings. The van der Waals surface area contributed by atoms with Gasteiger partial charge in [0.05, 0.1) is 5.69 Å². The van der Waals surface area contributed by atoms with Crippen LogP contribution in [0.5, 0.6) is 0 Å². The van der Waals surface area contributed by atoms with Gasteiger partial charge in [0, 0.05) is 40.6 Å². The first-order chi connectivity index (χ1) is 11.9. The molecule has 0 unspecified atom stereocenters. The van der Waals surface area contributed by atoms with Crippen molar-refractivity contribution in [2.24, 2.45) is 0 Å². The molecule has 1 aromatic heterocycles. The molecule has 0 amide bonds. The first kappa shape index (κ1) is 20.1. The van der Waals surface area contributed by atoms with Crippen LogP contribution < -0.4 is 10.5 Å². The van der Waals surface area contributed by atoms with E-state index in [-0.39, 0.29) is 18.9 Å². The zero-order valence-corrected chi connectivity index (χ0v) is 17.0. The summed E-state index contributed by atoms with van der Waals surface area (Å²) in [6.45, 7) is 9.83. The Morgan fingerprint density at radius 2 is 1.96 bits per heavy atom. The van der Waals surface area contributed by atoms with Crippen LogP contribution in [0.3, 0.4) is 0 Å². The fourth-order valence-electron chi connectivity index (χ4n) is 2.91. The second-order valence-corrected chi connectivity index (χ2v) is 13.7. The SMILES string of the molecule is C[Si](C)(C)CCOCn1cc(CCCO)nc(N2CCCCC2)c1=O. The fourth-order valence-corrected chi connectivity index (χ4v) is 3.67. The summed E-state index contributed by atoms with van der Waals surface area (Å²) in [7, 11) is -1.14. The lowest BCUT2D eigenvalue weighted by Gasteiger charge is -2.28. The summed E-state index contributed by atoms with van der Waals surface area (Å²) in [6.07, 6.45) is 6.55. The maximum Gasteiger partial charge on any atom is 0.295 e. The van der Waals surface area contributed by atoms with E-state index in [2.05, 4.69) is 29.5 Å². The highest BCUT2D eigenvalue weighted by Crippen LogP contribution is 2.15. The summed E-state index contributed by atoms with van der Waals surface area (Å²) < 4.78 is 7.43. The average Bonchev–Trinajstić information content (AvgIpc) is 2.58. The van der Waals surface area contributed by atoms with Crippen LogP contribution in [-0.2, 0) is 17.9 Å². The highest BCUT2D eigenvalue weighted by Gasteiger charge is 2.18. The molecule has 1 aliphatic heterocycles. The van der Waals surface area contributed by atoms with E-state index in [4.69, 9.17) is 9.84 Å². The Hall–Kier alpha value is -1.18. The van der Waals surface area contributed by atoms with Gasteiger partial charge in [0.15, 0.2) is 5.82 Å². The van der Waals surface area contributed by atoms with Crippen molar-refractivity contribution >= 4 is 13.9 Å². The Morgan fingerprint density at radius 3 is 2.60 bits per heavy atom. The Bertz CT molecular complexity index is 592. The van der Waals surface area contributed by atoms with Gasteiger partial charge in [-0.25, -0.2) is 4.98 Å². The van der Waals surface area contributed by atoms with Gasteiger partial charge in [-0.3, -0.25) is 9.36 Å². The van der Waals surface area contributed by atoms with E-state index in [1.807, 2.05) is 0 Å². The number of ether oxygens (including phenoxy) is 1. The number of anilines is 1. The van der Waals surface area contributed by atoms with Crippen LogP contribution in [0.15, 0.2) is 11.0 Å². The highest BCUT2D eigenvalue weighted by molar-refractivity contribution is 6.76. The molecule has 0 saturated carbocycles. The molecule has 0 aliphatic carbocycles. The molecule has 0 spiro atoms. The van der Waals surface area contributed by atoms with Crippen molar-refractivity contribution in [3.63, 3.8) is 0 Å². The van der Waals surface area contributed by atoms with Crippen molar-refractivity contribution in [2.45, 2.75) is 64.5 Å².